The fourth-order valence-electron chi connectivity index (χ4n) is 0.899. The van der Waals surface area contributed by atoms with E-state index in [4.69, 9.17) is 0 Å². The molecule has 0 radical (unpaired) electrons. The predicted octanol–water partition coefficient (Wildman–Crippen LogP) is 2.58. The van der Waals surface area contributed by atoms with Crippen molar-refractivity contribution in [1.82, 2.24) is 9.97 Å². The van der Waals surface area contributed by atoms with Crippen molar-refractivity contribution in [2.75, 3.05) is 10.8 Å². The second-order valence-corrected chi connectivity index (χ2v) is 3.68. The lowest BCUT2D eigenvalue weighted by molar-refractivity contribution is 0.798. The standard InChI is InChI=1S/C8H13N3S2/c1-2-3-7-11(13-12)8-9-5-4-6-10-8/h4-6,12H,2-3,7H2,1H3. The molecule has 0 amide bonds. The molecule has 13 heavy (non-hydrogen) atoms. The first-order valence-electron chi connectivity index (χ1n) is 4.24. The quantitative estimate of drug-likeness (QED) is 0.464. The summed E-state index contributed by atoms with van der Waals surface area (Å²) < 4.78 is 1.98. The average molecular weight is 215 g/mol. The van der Waals surface area contributed by atoms with Crippen molar-refractivity contribution < 1.29 is 0 Å². The van der Waals surface area contributed by atoms with E-state index in [9.17, 15) is 0 Å². The van der Waals surface area contributed by atoms with Crippen LogP contribution >= 0.6 is 22.6 Å². The number of anilines is 1. The Morgan fingerprint density at radius 3 is 2.69 bits per heavy atom. The molecule has 0 aliphatic carbocycles. The first kappa shape index (κ1) is 10.7. The van der Waals surface area contributed by atoms with Crippen molar-refractivity contribution in [3.63, 3.8) is 0 Å². The van der Waals surface area contributed by atoms with Gasteiger partial charge in [-0.3, -0.25) is 4.31 Å². The van der Waals surface area contributed by atoms with E-state index in [2.05, 4.69) is 28.6 Å². The van der Waals surface area contributed by atoms with Crippen LogP contribution in [-0.4, -0.2) is 16.5 Å². The van der Waals surface area contributed by atoms with Crippen LogP contribution in [0.2, 0.25) is 0 Å². The summed E-state index contributed by atoms with van der Waals surface area (Å²) in [6.45, 7) is 3.10. The topological polar surface area (TPSA) is 29.0 Å². The molecular weight excluding hydrogens is 202 g/mol. The Morgan fingerprint density at radius 2 is 2.15 bits per heavy atom. The number of hydrogen-bond acceptors (Lipinski definition) is 5. The molecule has 3 nitrogen and oxygen atoms in total. The first-order chi connectivity index (χ1) is 6.38. The van der Waals surface area contributed by atoms with Crippen LogP contribution in [0.4, 0.5) is 5.95 Å². The molecule has 0 spiro atoms. The Balaban J connectivity index is 2.56. The Labute approximate surface area is 87.9 Å². The molecule has 72 valence electrons. The molecule has 0 saturated carbocycles. The number of nitrogens with zero attached hydrogens (tertiary/aromatic N) is 3. The number of hydrogen-bond donors (Lipinski definition) is 1. The van der Waals surface area contributed by atoms with E-state index in [0.717, 1.165) is 25.3 Å². The van der Waals surface area contributed by atoms with E-state index < -0.39 is 0 Å². The molecule has 0 aromatic carbocycles. The molecule has 0 unspecified atom stereocenters. The summed E-state index contributed by atoms with van der Waals surface area (Å²) in [6, 6.07) is 1.81. The zero-order chi connectivity index (χ0) is 9.52. The predicted molar refractivity (Wildman–Crippen MR) is 60.9 cm³/mol. The summed E-state index contributed by atoms with van der Waals surface area (Å²) in [4.78, 5) is 8.30. The van der Waals surface area contributed by atoms with Crippen LogP contribution in [-0.2, 0) is 0 Å². The van der Waals surface area contributed by atoms with E-state index in [0.29, 0.717) is 0 Å². The third-order valence-corrected chi connectivity index (χ3v) is 2.72. The molecule has 0 bridgehead atoms. The molecule has 0 saturated heterocycles. The van der Waals surface area contributed by atoms with Gasteiger partial charge in [-0.15, -0.1) is 0 Å². The molecule has 0 aliphatic heterocycles. The Bertz CT molecular complexity index is 230. The lowest BCUT2D eigenvalue weighted by Crippen LogP contribution is -2.16. The van der Waals surface area contributed by atoms with Gasteiger partial charge in [0.2, 0.25) is 5.95 Å². The largest absolute Gasteiger partial charge is 0.276 e. The number of aromatic nitrogens is 2. The third kappa shape index (κ3) is 3.44. The molecule has 1 aromatic rings. The van der Waals surface area contributed by atoms with Crippen molar-refractivity contribution in [3.05, 3.63) is 18.5 Å². The lowest BCUT2D eigenvalue weighted by Gasteiger charge is -2.16. The van der Waals surface area contributed by atoms with Gasteiger partial charge in [-0.25, -0.2) is 9.97 Å². The van der Waals surface area contributed by atoms with Gasteiger partial charge in [-0.2, -0.15) is 0 Å². The Morgan fingerprint density at radius 1 is 1.46 bits per heavy atom. The highest BCUT2D eigenvalue weighted by Gasteiger charge is 2.06. The molecule has 0 aliphatic rings. The molecule has 0 atom stereocenters. The van der Waals surface area contributed by atoms with E-state index in [-0.39, 0.29) is 0 Å². The normalized spacial score (nSPS) is 10.0. The number of unbranched alkanes of at least 4 members (excludes halogenated alkanes) is 1. The highest BCUT2D eigenvalue weighted by atomic mass is 33.1. The summed E-state index contributed by atoms with van der Waals surface area (Å²) >= 11 is 4.16. The van der Waals surface area contributed by atoms with Gasteiger partial charge in [0.25, 0.3) is 0 Å². The van der Waals surface area contributed by atoms with Gasteiger partial charge in [0.15, 0.2) is 0 Å². The summed E-state index contributed by atoms with van der Waals surface area (Å²) in [5.74, 6) is 0.732. The molecule has 1 aromatic heterocycles. The van der Waals surface area contributed by atoms with Gasteiger partial charge in [-0.1, -0.05) is 25.0 Å². The van der Waals surface area contributed by atoms with Gasteiger partial charge >= 0.3 is 0 Å². The minimum atomic E-state index is 0.732. The zero-order valence-corrected chi connectivity index (χ0v) is 9.26. The molecule has 1 rings (SSSR count). The van der Waals surface area contributed by atoms with E-state index in [1.54, 1.807) is 12.4 Å². The van der Waals surface area contributed by atoms with Crippen LogP contribution in [0.5, 0.6) is 0 Å². The second kappa shape index (κ2) is 6.10. The fraction of sp³-hybridized carbons (Fsp3) is 0.500. The van der Waals surface area contributed by atoms with Gasteiger partial charge in [0, 0.05) is 29.9 Å². The SMILES string of the molecule is CCCCN(SS)c1ncccn1. The van der Waals surface area contributed by atoms with Crippen molar-refractivity contribution in [1.29, 1.82) is 0 Å². The third-order valence-electron chi connectivity index (χ3n) is 1.59. The lowest BCUT2D eigenvalue weighted by atomic mass is 10.3. The summed E-state index contributed by atoms with van der Waals surface area (Å²) in [7, 11) is 1.37. The van der Waals surface area contributed by atoms with Crippen LogP contribution < -0.4 is 4.31 Å². The molecule has 0 fully saturated rings. The van der Waals surface area contributed by atoms with Crippen molar-refractivity contribution >= 4 is 28.6 Å². The van der Waals surface area contributed by atoms with E-state index in [1.165, 1.54) is 11.0 Å². The minimum absolute atomic E-state index is 0.732. The maximum atomic E-state index is 4.16. The van der Waals surface area contributed by atoms with Crippen LogP contribution in [0.1, 0.15) is 19.8 Å². The summed E-state index contributed by atoms with van der Waals surface area (Å²) in [5.41, 5.74) is 0. The highest BCUT2D eigenvalue weighted by Crippen LogP contribution is 2.20. The van der Waals surface area contributed by atoms with Crippen molar-refractivity contribution in [2.45, 2.75) is 19.8 Å². The second-order valence-electron chi connectivity index (χ2n) is 2.59. The van der Waals surface area contributed by atoms with E-state index in [1.807, 2.05) is 10.4 Å². The monoisotopic (exact) mass is 215 g/mol. The Kier molecular flexibility index (Phi) is 5.00. The van der Waals surface area contributed by atoms with Gasteiger partial charge in [-0.05, 0) is 12.5 Å². The molecular formula is C8H13N3S2. The van der Waals surface area contributed by atoms with Crippen molar-refractivity contribution in [2.24, 2.45) is 0 Å². The smallest absolute Gasteiger partial charge is 0.236 e. The number of thiol groups is 1. The maximum Gasteiger partial charge on any atom is 0.236 e. The van der Waals surface area contributed by atoms with Gasteiger partial charge < -0.3 is 0 Å². The van der Waals surface area contributed by atoms with Crippen LogP contribution in [0.25, 0.3) is 0 Å². The average Bonchev–Trinajstić information content (AvgIpc) is 2.21. The van der Waals surface area contributed by atoms with Crippen LogP contribution in [0.3, 0.4) is 0 Å². The van der Waals surface area contributed by atoms with Gasteiger partial charge in [0.1, 0.15) is 0 Å². The molecule has 0 N–H and O–H groups in total. The van der Waals surface area contributed by atoms with Crippen LogP contribution in [0, 0.1) is 0 Å². The van der Waals surface area contributed by atoms with Gasteiger partial charge in [0.05, 0.1) is 0 Å². The minimum Gasteiger partial charge on any atom is -0.276 e. The highest BCUT2D eigenvalue weighted by molar-refractivity contribution is 8.69. The molecule has 1 heterocycles. The Hall–Kier alpha value is -0.420. The zero-order valence-electron chi connectivity index (χ0n) is 7.55. The van der Waals surface area contributed by atoms with E-state index >= 15 is 0 Å². The maximum absolute atomic E-state index is 4.16. The van der Waals surface area contributed by atoms with Crippen molar-refractivity contribution in [3.8, 4) is 0 Å². The van der Waals surface area contributed by atoms with Crippen LogP contribution in [0.15, 0.2) is 18.5 Å². The number of rotatable bonds is 5. The first-order valence-corrected chi connectivity index (χ1v) is 6.07. The summed E-state index contributed by atoms with van der Waals surface area (Å²) in [6.07, 6.45) is 5.78. The molecule has 5 heteroatoms. The fourth-order valence-corrected chi connectivity index (χ4v) is 1.74. The summed E-state index contributed by atoms with van der Waals surface area (Å²) in [5, 5.41) is 0.